The third-order valence-corrected chi connectivity index (χ3v) is 5.01. The van der Waals surface area contributed by atoms with Gasteiger partial charge in [0.15, 0.2) is 0 Å². The van der Waals surface area contributed by atoms with Crippen LogP contribution in [0.5, 0.6) is 0 Å². The fourth-order valence-electron chi connectivity index (χ4n) is 3.20. The third-order valence-electron chi connectivity index (χ3n) is 4.66. The van der Waals surface area contributed by atoms with E-state index in [2.05, 4.69) is 15.1 Å². The van der Waals surface area contributed by atoms with Gasteiger partial charge >= 0.3 is 0 Å². The van der Waals surface area contributed by atoms with E-state index in [1.807, 2.05) is 0 Å². The van der Waals surface area contributed by atoms with Gasteiger partial charge in [0.1, 0.15) is 11.9 Å². The zero-order chi connectivity index (χ0) is 18.5. The number of nitrogens with one attached hydrogen (secondary N) is 1. The number of H-pyrrole nitrogens is 1. The number of alkyl halides is 1. The van der Waals surface area contributed by atoms with Crippen molar-refractivity contribution >= 4 is 23.2 Å². The lowest BCUT2D eigenvalue weighted by atomic mass is 10.1. The van der Waals surface area contributed by atoms with Gasteiger partial charge in [-0.15, -0.1) is 0 Å². The van der Waals surface area contributed by atoms with Crippen molar-refractivity contribution in [1.82, 2.24) is 20.0 Å². The summed E-state index contributed by atoms with van der Waals surface area (Å²) in [5.74, 6) is -0.185. The maximum absolute atomic E-state index is 13.6. The van der Waals surface area contributed by atoms with Crippen LogP contribution in [0.15, 0.2) is 30.5 Å². The monoisotopic (exact) mass is 379 g/mol. The van der Waals surface area contributed by atoms with E-state index in [1.54, 1.807) is 29.2 Å². The molecule has 1 unspecified atom stereocenters. The Kier molecular flexibility index (Phi) is 6.11. The Bertz CT molecular complexity index is 719. The number of anilines is 1. The number of amides is 1. The molecule has 140 valence electrons. The number of hydrogen-bond donors (Lipinski definition) is 2. The number of nitrogen functional groups attached to an aromatic ring is 1. The van der Waals surface area contributed by atoms with Crippen LogP contribution in [0.4, 0.5) is 10.1 Å². The van der Waals surface area contributed by atoms with E-state index in [-0.39, 0.29) is 12.5 Å². The van der Waals surface area contributed by atoms with Crippen molar-refractivity contribution in [2.45, 2.75) is 25.6 Å². The molecule has 1 amide bonds. The van der Waals surface area contributed by atoms with E-state index in [0.717, 1.165) is 13.0 Å². The summed E-state index contributed by atoms with van der Waals surface area (Å²) in [5, 5.41) is 7.07. The first kappa shape index (κ1) is 18.7. The first-order valence-electron chi connectivity index (χ1n) is 8.72. The van der Waals surface area contributed by atoms with Gasteiger partial charge < -0.3 is 10.6 Å². The minimum atomic E-state index is -0.792. The van der Waals surface area contributed by atoms with Gasteiger partial charge in [0.05, 0.1) is 0 Å². The van der Waals surface area contributed by atoms with Crippen LogP contribution >= 0.6 is 11.6 Å². The Morgan fingerprint density at radius 3 is 3.00 bits per heavy atom. The molecule has 1 atom stereocenters. The molecular weight excluding hydrogens is 357 g/mol. The fraction of sp³-hybridized carbons (Fsp3) is 0.444. The highest BCUT2D eigenvalue weighted by atomic mass is 35.5. The number of rotatable bonds is 6. The molecule has 2 heterocycles. The molecule has 6 nitrogen and oxygen atoms in total. The van der Waals surface area contributed by atoms with Gasteiger partial charge in [-0.3, -0.25) is 14.8 Å². The summed E-state index contributed by atoms with van der Waals surface area (Å²) in [6.07, 6.45) is 2.20. The number of nitrogens with zero attached hydrogens (tertiary/aromatic N) is 3. The second kappa shape index (κ2) is 8.51. The summed E-state index contributed by atoms with van der Waals surface area (Å²) >= 11 is 6.27. The standard InChI is InChI=1S/C18H23ClFN5O/c19-15-4-1-5-16(21)14(15)12-25(18(26)17-6-7-22-23-17)10-9-24-8-2-3-13(20)11-24/h1,4-7,13H,2-3,8-12,21H2,(H,22,23). The SMILES string of the molecule is Nc1cccc(Cl)c1CN(CCN1CCCC(F)C1)C(=O)c1ccn[nH]1. The molecule has 0 bridgehead atoms. The van der Waals surface area contributed by atoms with Crippen LogP contribution in [-0.4, -0.2) is 58.3 Å². The highest BCUT2D eigenvalue weighted by molar-refractivity contribution is 6.31. The second-order valence-electron chi connectivity index (χ2n) is 6.54. The number of aromatic amines is 1. The molecule has 1 saturated heterocycles. The van der Waals surface area contributed by atoms with Gasteiger partial charge in [-0.05, 0) is 37.6 Å². The molecule has 1 aromatic carbocycles. The maximum Gasteiger partial charge on any atom is 0.272 e. The smallest absolute Gasteiger partial charge is 0.272 e. The number of piperidine rings is 1. The molecule has 3 N–H and O–H groups in total. The van der Waals surface area contributed by atoms with Crippen LogP contribution in [0.1, 0.15) is 28.9 Å². The fourth-order valence-corrected chi connectivity index (χ4v) is 3.44. The molecule has 8 heteroatoms. The zero-order valence-corrected chi connectivity index (χ0v) is 15.3. The molecule has 26 heavy (non-hydrogen) atoms. The van der Waals surface area contributed by atoms with Gasteiger partial charge in [-0.1, -0.05) is 17.7 Å². The van der Waals surface area contributed by atoms with Crippen molar-refractivity contribution < 1.29 is 9.18 Å². The molecule has 1 aromatic heterocycles. The highest BCUT2D eigenvalue weighted by Gasteiger charge is 2.23. The third kappa shape index (κ3) is 4.53. The van der Waals surface area contributed by atoms with E-state index in [4.69, 9.17) is 17.3 Å². The summed E-state index contributed by atoms with van der Waals surface area (Å²) in [4.78, 5) is 16.6. The van der Waals surface area contributed by atoms with Gasteiger partial charge in [0.2, 0.25) is 0 Å². The van der Waals surface area contributed by atoms with E-state index >= 15 is 0 Å². The van der Waals surface area contributed by atoms with E-state index in [1.165, 1.54) is 6.20 Å². The Balaban J connectivity index is 1.74. The lowest BCUT2D eigenvalue weighted by Crippen LogP contribution is -2.43. The van der Waals surface area contributed by atoms with E-state index < -0.39 is 6.17 Å². The Morgan fingerprint density at radius 2 is 2.31 bits per heavy atom. The van der Waals surface area contributed by atoms with E-state index in [9.17, 15) is 9.18 Å². The van der Waals surface area contributed by atoms with Crippen LogP contribution in [-0.2, 0) is 6.54 Å². The minimum Gasteiger partial charge on any atom is -0.398 e. The summed E-state index contributed by atoms with van der Waals surface area (Å²) in [5.41, 5.74) is 7.70. The first-order valence-corrected chi connectivity index (χ1v) is 9.10. The van der Waals surface area contributed by atoms with Crippen molar-refractivity contribution in [3.63, 3.8) is 0 Å². The average molecular weight is 380 g/mol. The summed E-state index contributed by atoms with van der Waals surface area (Å²) in [6.45, 7) is 2.61. The zero-order valence-electron chi connectivity index (χ0n) is 14.5. The van der Waals surface area contributed by atoms with Gasteiger partial charge in [-0.25, -0.2) is 4.39 Å². The summed E-state index contributed by atoms with van der Waals surface area (Å²) < 4.78 is 13.6. The first-order chi connectivity index (χ1) is 12.5. The molecule has 0 spiro atoms. The molecule has 3 rings (SSSR count). The van der Waals surface area contributed by atoms with Crippen molar-refractivity contribution in [1.29, 1.82) is 0 Å². The van der Waals surface area contributed by atoms with Crippen molar-refractivity contribution in [2.75, 3.05) is 31.9 Å². The van der Waals surface area contributed by atoms with Gasteiger partial charge in [0, 0.05) is 48.6 Å². The van der Waals surface area contributed by atoms with Crippen molar-refractivity contribution in [3.05, 3.63) is 46.7 Å². The molecule has 1 aliphatic rings. The normalized spacial score (nSPS) is 18.0. The summed E-state index contributed by atoms with van der Waals surface area (Å²) in [6, 6.07) is 6.92. The number of aromatic nitrogens is 2. The number of nitrogens with two attached hydrogens (primary N) is 1. The lowest BCUT2D eigenvalue weighted by Gasteiger charge is -2.31. The van der Waals surface area contributed by atoms with Crippen LogP contribution < -0.4 is 5.73 Å². The van der Waals surface area contributed by atoms with Gasteiger partial charge in [-0.2, -0.15) is 5.10 Å². The predicted octanol–water partition coefficient (Wildman–Crippen LogP) is 2.72. The van der Waals surface area contributed by atoms with E-state index in [0.29, 0.717) is 48.0 Å². The Labute approximate surface area is 157 Å². The topological polar surface area (TPSA) is 78.2 Å². The van der Waals surface area contributed by atoms with Crippen LogP contribution in [0, 0.1) is 0 Å². The van der Waals surface area contributed by atoms with Crippen molar-refractivity contribution in [2.24, 2.45) is 0 Å². The van der Waals surface area contributed by atoms with Crippen LogP contribution in [0.3, 0.4) is 0 Å². The summed E-state index contributed by atoms with van der Waals surface area (Å²) in [7, 11) is 0. The van der Waals surface area contributed by atoms with Crippen LogP contribution in [0.25, 0.3) is 0 Å². The molecule has 0 radical (unpaired) electrons. The predicted molar refractivity (Wildman–Crippen MR) is 99.8 cm³/mol. The molecule has 1 fully saturated rings. The minimum absolute atomic E-state index is 0.185. The Hall–Kier alpha value is -2.12. The largest absolute Gasteiger partial charge is 0.398 e. The molecule has 0 aliphatic carbocycles. The number of hydrogen-bond acceptors (Lipinski definition) is 4. The molecular formula is C18H23ClFN5O. The Morgan fingerprint density at radius 1 is 1.46 bits per heavy atom. The number of halogens is 2. The highest BCUT2D eigenvalue weighted by Crippen LogP contribution is 2.24. The average Bonchev–Trinajstić information content (AvgIpc) is 3.15. The maximum atomic E-state index is 13.6. The number of carbonyl (C=O) groups excluding carboxylic acids is 1. The number of benzene rings is 1. The second-order valence-corrected chi connectivity index (χ2v) is 6.95. The lowest BCUT2D eigenvalue weighted by molar-refractivity contribution is 0.0688. The molecule has 0 saturated carbocycles. The molecule has 2 aromatic rings. The number of carbonyl (C=O) groups is 1. The van der Waals surface area contributed by atoms with Crippen molar-refractivity contribution in [3.8, 4) is 0 Å². The van der Waals surface area contributed by atoms with Crippen LogP contribution in [0.2, 0.25) is 5.02 Å². The molecule has 1 aliphatic heterocycles. The van der Waals surface area contributed by atoms with Gasteiger partial charge in [0.25, 0.3) is 5.91 Å². The quantitative estimate of drug-likeness (QED) is 0.756. The number of likely N-dealkylation sites (tertiary alicyclic amines) is 1.